The minimum absolute atomic E-state index is 0.0677. The Hall–Kier alpha value is -1.59. The van der Waals surface area contributed by atoms with Gasteiger partial charge in [0.1, 0.15) is 11.8 Å². The van der Waals surface area contributed by atoms with E-state index < -0.39 is 5.97 Å². The summed E-state index contributed by atoms with van der Waals surface area (Å²) in [5.41, 5.74) is 0. The van der Waals surface area contributed by atoms with Gasteiger partial charge in [-0.2, -0.15) is 0 Å². The van der Waals surface area contributed by atoms with Crippen LogP contribution in [0, 0.1) is 0 Å². The largest absolute Gasteiger partial charge is 0.458 e. The van der Waals surface area contributed by atoms with Crippen molar-refractivity contribution in [3.63, 3.8) is 0 Å². The van der Waals surface area contributed by atoms with Crippen LogP contribution in [-0.4, -0.2) is 29.9 Å². The van der Waals surface area contributed by atoms with Gasteiger partial charge in [0.25, 0.3) is 0 Å². The van der Waals surface area contributed by atoms with Crippen LogP contribution in [0.5, 0.6) is 0 Å². The quantitative estimate of drug-likeness (QED) is 0.414. The van der Waals surface area contributed by atoms with Gasteiger partial charge in [-0.1, -0.05) is 0 Å². The van der Waals surface area contributed by atoms with E-state index in [1.165, 1.54) is 0 Å². The molecule has 0 saturated carbocycles. The molecule has 1 aliphatic heterocycles. The molecule has 0 radical (unpaired) electrons. The van der Waals surface area contributed by atoms with Crippen LogP contribution in [-0.2, 0) is 9.53 Å². The number of carbonyl (C=O) groups is 1. The van der Waals surface area contributed by atoms with Crippen LogP contribution >= 0.6 is 0 Å². The summed E-state index contributed by atoms with van der Waals surface area (Å²) < 4.78 is 4.60. The highest BCUT2D eigenvalue weighted by molar-refractivity contribution is 6.35. The zero-order valence-electron chi connectivity index (χ0n) is 6.02. The van der Waals surface area contributed by atoms with E-state index >= 15 is 0 Å². The van der Waals surface area contributed by atoms with Crippen molar-refractivity contribution >= 4 is 18.5 Å². The fraction of sp³-hybridized carbons (Fsp3) is 0.400. The Kier molecular flexibility index (Phi) is 2.05. The molecule has 0 unspecified atom stereocenters. The minimum atomic E-state index is -0.581. The second-order valence-electron chi connectivity index (χ2n) is 1.71. The average Bonchev–Trinajstić information content (AvgIpc) is 2.36. The lowest BCUT2D eigenvalue weighted by molar-refractivity contribution is -0.531. The molecule has 0 saturated heterocycles. The third kappa shape index (κ3) is 1.66. The predicted molar refractivity (Wildman–Crippen MR) is 36.3 cm³/mol. The van der Waals surface area contributed by atoms with Crippen molar-refractivity contribution in [1.82, 2.24) is 0 Å². The van der Waals surface area contributed by atoms with Crippen LogP contribution in [0.3, 0.4) is 0 Å². The Morgan fingerprint density at radius 1 is 1.82 bits per heavy atom. The first-order valence-corrected chi connectivity index (χ1v) is 3.02. The summed E-state index contributed by atoms with van der Waals surface area (Å²) >= 11 is 0. The van der Waals surface area contributed by atoms with E-state index in [0.717, 1.165) is 4.79 Å². The number of ether oxygens (including phenoxy) is 1. The summed E-state index contributed by atoms with van der Waals surface area (Å²) in [6.07, 6.45) is 0. The van der Waals surface area contributed by atoms with Gasteiger partial charge in [-0.3, -0.25) is 0 Å². The molecule has 0 N–H and O–H groups in total. The van der Waals surface area contributed by atoms with Crippen molar-refractivity contribution in [3.8, 4) is 0 Å². The number of hydrogen-bond acceptors (Lipinski definition) is 5. The van der Waals surface area contributed by atoms with Gasteiger partial charge in [-0.25, -0.2) is 4.79 Å². The van der Waals surface area contributed by atoms with E-state index in [4.69, 9.17) is 0 Å². The van der Waals surface area contributed by atoms with Crippen molar-refractivity contribution < 1.29 is 14.3 Å². The van der Waals surface area contributed by atoms with Crippen molar-refractivity contribution in [3.05, 3.63) is 0 Å². The molecule has 0 atom stereocenters. The molecule has 0 aromatic rings. The zero-order valence-corrected chi connectivity index (χ0v) is 6.02. The summed E-state index contributed by atoms with van der Waals surface area (Å²) in [6.45, 7) is 5.30. The molecule has 11 heavy (non-hydrogen) atoms. The van der Waals surface area contributed by atoms with Crippen LogP contribution in [0.2, 0.25) is 0 Å². The highest BCUT2D eigenvalue weighted by Crippen LogP contribution is 1.97. The first-order chi connectivity index (χ1) is 5.24. The summed E-state index contributed by atoms with van der Waals surface area (Å²) in [7, 11) is 0. The van der Waals surface area contributed by atoms with Crippen molar-refractivity contribution in [2.45, 2.75) is 6.92 Å². The van der Waals surface area contributed by atoms with E-state index in [1.807, 2.05) is 0 Å². The minimum Gasteiger partial charge on any atom is -0.458 e. The molecule has 0 fully saturated rings. The maximum absolute atomic E-state index is 10.8. The smallest absolute Gasteiger partial charge is 0.418 e. The average molecular weight is 155 g/mol. The van der Waals surface area contributed by atoms with Crippen LogP contribution < -0.4 is 0 Å². The van der Waals surface area contributed by atoms with E-state index in [0.29, 0.717) is 6.61 Å². The Labute approximate surface area is 62.9 Å². The number of nitrogens with zero attached hydrogens (tertiary/aromatic N) is 4. The monoisotopic (exact) mass is 155 g/mol. The lowest BCUT2D eigenvalue weighted by Crippen LogP contribution is -2.13. The Morgan fingerprint density at radius 3 is 3.00 bits per heavy atom. The molecule has 6 heteroatoms. The molecule has 6 nitrogen and oxygen atoms in total. The first kappa shape index (κ1) is 7.52. The van der Waals surface area contributed by atoms with Crippen molar-refractivity contribution in [2.75, 3.05) is 6.61 Å². The Balaban J connectivity index is 2.63. The molecule has 0 aromatic heterocycles. The van der Waals surface area contributed by atoms with E-state index in [2.05, 4.69) is 26.9 Å². The normalized spacial score (nSPS) is 15.0. The first-order valence-electron chi connectivity index (χ1n) is 3.02. The second kappa shape index (κ2) is 3.00. The lowest BCUT2D eigenvalue weighted by Gasteiger charge is -1.90. The Morgan fingerprint density at radius 2 is 2.55 bits per heavy atom. The molecular formula is C5H7N4O2+. The van der Waals surface area contributed by atoms with Gasteiger partial charge in [0.15, 0.2) is 5.22 Å². The van der Waals surface area contributed by atoms with Crippen LogP contribution in [0.4, 0.5) is 0 Å². The predicted octanol–water partition coefficient (Wildman–Crippen LogP) is -0.0431. The fourth-order valence-electron chi connectivity index (χ4n) is 0.521. The van der Waals surface area contributed by atoms with Gasteiger partial charge in [0.05, 0.1) is 6.61 Å². The van der Waals surface area contributed by atoms with Crippen molar-refractivity contribution in [2.24, 2.45) is 15.4 Å². The summed E-state index contributed by atoms with van der Waals surface area (Å²) in [4.78, 5) is 11.8. The molecule has 0 aliphatic carbocycles. The third-order valence-corrected chi connectivity index (χ3v) is 0.911. The Bertz CT molecular complexity index is 255. The molecule has 1 rings (SSSR count). The highest BCUT2D eigenvalue weighted by Gasteiger charge is 2.26. The van der Waals surface area contributed by atoms with Gasteiger partial charge in [0, 0.05) is 5.10 Å². The number of carbonyl (C=O) groups excluding carboxylic acids is 1. The van der Waals surface area contributed by atoms with E-state index in [9.17, 15) is 4.79 Å². The number of amidine groups is 1. The molecule has 1 heterocycles. The number of hydrogen-bond donors (Lipinski definition) is 0. The van der Waals surface area contributed by atoms with E-state index in [-0.39, 0.29) is 5.84 Å². The maximum atomic E-state index is 10.8. The molecule has 0 spiro atoms. The fourth-order valence-corrected chi connectivity index (χ4v) is 0.521. The van der Waals surface area contributed by atoms with Gasteiger partial charge >= 0.3 is 11.8 Å². The SMILES string of the molecule is C=[N+]1N=NC(C(=O)OCC)=N1. The topological polar surface area (TPSA) is 66.4 Å². The van der Waals surface area contributed by atoms with Gasteiger partial charge in [0.2, 0.25) is 0 Å². The number of rotatable bonds is 2. The summed E-state index contributed by atoms with van der Waals surface area (Å²) in [5, 5.41) is 10.3. The molecule has 0 aromatic carbocycles. The molecule has 1 aliphatic rings. The van der Waals surface area contributed by atoms with Gasteiger partial charge < -0.3 is 4.74 Å². The number of esters is 1. The highest BCUT2D eigenvalue weighted by atomic mass is 16.5. The summed E-state index contributed by atoms with van der Waals surface area (Å²) in [6, 6.07) is 0. The summed E-state index contributed by atoms with van der Waals surface area (Å²) in [5.74, 6) is -0.649. The number of hydrazone groups is 1. The second-order valence-corrected chi connectivity index (χ2v) is 1.71. The van der Waals surface area contributed by atoms with Gasteiger partial charge in [-0.05, 0) is 11.7 Å². The standard InChI is InChI=1S/C5H7N4O2/c1-3-11-5(10)4-6-8-9(2)7-4/h2-3H2,1H3/q+1. The van der Waals surface area contributed by atoms with Gasteiger partial charge in [-0.15, -0.1) is 0 Å². The van der Waals surface area contributed by atoms with Crippen LogP contribution in [0.25, 0.3) is 0 Å². The van der Waals surface area contributed by atoms with E-state index in [1.54, 1.807) is 6.92 Å². The zero-order chi connectivity index (χ0) is 8.27. The third-order valence-electron chi connectivity index (χ3n) is 0.911. The molecule has 0 bridgehead atoms. The molecular weight excluding hydrogens is 148 g/mol. The molecule has 58 valence electrons. The lowest BCUT2D eigenvalue weighted by atomic mass is 10.6. The van der Waals surface area contributed by atoms with Crippen molar-refractivity contribution in [1.29, 1.82) is 0 Å². The molecule has 0 amide bonds. The maximum Gasteiger partial charge on any atom is 0.418 e. The van der Waals surface area contributed by atoms with Crippen LogP contribution in [0.1, 0.15) is 6.92 Å². The van der Waals surface area contributed by atoms with Crippen LogP contribution in [0.15, 0.2) is 15.4 Å².